The number of nitrogens with one attached hydrogen (secondary N) is 1. The molecule has 2 aromatic heterocycles. The van der Waals surface area contributed by atoms with Gasteiger partial charge in [-0.2, -0.15) is 0 Å². The van der Waals surface area contributed by atoms with Gasteiger partial charge >= 0.3 is 0 Å². The van der Waals surface area contributed by atoms with Gasteiger partial charge < -0.3 is 19.4 Å². The van der Waals surface area contributed by atoms with Crippen molar-refractivity contribution in [2.24, 2.45) is 0 Å². The minimum absolute atomic E-state index is 0.0213. The van der Waals surface area contributed by atoms with E-state index in [1.54, 1.807) is 35.0 Å². The quantitative estimate of drug-likeness (QED) is 0.390. The second-order valence-corrected chi connectivity index (χ2v) is 8.00. The van der Waals surface area contributed by atoms with Crippen molar-refractivity contribution in [2.45, 2.75) is 38.2 Å². The lowest BCUT2D eigenvalue weighted by atomic mass is 10.3. The Morgan fingerprint density at radius 2 is 1.81 bits per heavy atom. The summed E-state index contributed by atoms with van der Waals surface area (Å²) < 4.78 is 12.3. The fourth-order valence-corrected chi connectivity index (χ4v) is 4.01. The highest BCUT2D eigenvalue weighted by atomic mass is 32.2. The van der Waals surface area contributed by atoms with E-state index >= 15 is 0 Å². The van der Waals surface area contributed by atoms with Gasteiger partial charge in [0.1, 0.15) is 12.3 Å². The number of anilines is 1. The Bertz CT molecular complexity index is 1130. The molecule has 3 aromatic rings. The fraction of sp³-hybridized carbons (Fsp3) is 0.304. The summed E-state index contributed by atoms with van der Waals surface area (Å²) in [5, 5.41) is 3.48. The van der Waals surface area contributed by atoms with Crippen LogP contribution in [-0.2, 0) is 17.1 Å². The minimum Gasteiger partial charge on any atom is -0.494 e. The van der Waals surface area contributed by atoms with Crippen LogP contribution >= 0.6 is 11.8 Å². The van der Waals surface area contributed by atoms with Gasteiger partial charge in [-0.25, -0.2) is 9.97 Å². The van der Waals surface area contributed by atoms with E-state index in [1.165, 1.54) is 24.9 Å². The zero-order valence-electron chi connectivity index (χ0n) is 18.5. The van der Waals surface area contributed by atoms with E-state index in [0.29, 0.717) is 28.9 Å². The monoisotopic (exact) mass is 454 g/mol. The molecule has 0 aliphatic heterocycles. The standard InChI is InChI=1S/C23H26N4O4S/c1-5-31-19-8-6-17(7-9-19)26-22(29)13-27-12-21(30-4)20(28)11-18(27)14-32-23-24-15(2)10-16(3)25-23/h6-12H,5,13-14H2,1-4H3,(H,26,29). The number of benzene rings is 1. The predicted octanol–water partition coefficient (Wildman–Crippen LogP) is 3.59. The molecule has 0 aliphatic carbocycles. The molecule has 0 radical (unpaired) electrons. The summed E-state index contributed by atoms with van der Waals surface area (Å²) in [5.74, 6) is 1.12. The van der Waals surface area contributed by atoms with E-state index in [-0.39, 0.29) is 23.6 Å². The lowest BCUT2D eigenvalue weighted by Gasteiger charge is -2.15. The SMILES string of the molecule is CCOc1ccc(NC(=O)Cn2cc(OC)c(=O)cc2CSc2nc(C)cc(C)n2)cc1. The van der Waals surface area contributed by atoms with E-state index in [9.17, 15) is 9.59 Å². The van der Waals surface area contributed by atoms with Crippen molar-refractivity contribution in [2.75, 3.05) is 19.0 Å². The molecule has 0 spiro atoms. The molecule has 2 heterocycles. The Labute approximate surface area is 191 Å². The van der Waals surface area contributed by atoms with Crippen LogP contribution in [0.1, 0.15) is 24.0 Å². The van der Waals surface area contributed by atoms with E-state index in [1.807, 2.05) is 26.8 Å². The van der Waals surface area contributed by atoms with Crippen molar-refractivity contribution in [3.05, 3.63) is 69.9 Å². The van der Waals surface area contributed by atoms with E-state index in [0.717, 1.165) is 17.1 Å². The number of hydrogen-bond acceptors (Lipinski definition) is 7. The minimum atomic E-state index is -0.243. The zero-order valence-corrected chi connectivity index (χ0v) is 19.4. The molecule has 168 valence electrons. The van der Waals surface area contributed by atoms with Gasteiger partial charge in [0.25, 0.3) is 0 Å². The highest BCUT2D eigenvalue weighted by molar-refractivity contribution is 7.98. The van der Waals surface area contributed by atoms with Crippen LogP contribution in [0.5, 0.6) is 11.5 Å². The molecule has 8 nitrogen and oxygen atoms in total. The molecule has 0 unspecified atom stereocenters. The Hall–Kier alpha value is -3.33. The number of amides is 1. The van der Waals surface area contributed by atoms with Crippen molar-refractivity contribution in [3.63, 3.8) is 0 Å². The number of pyridine rings is 1. The number of aryl methyl sites for hydroxylation is 2. The van der Waals surface area contributed by atoms with Crippen LogP contribution in [0.2, 0.25) is 0 Å². The first-order chi connectivity index (χ1) is 15.4. The summed E-state index contributed by atoms with van der Waals surface area (Å²) in [6.45, 7) is 6.33. The topological polar surface area (TPSA) is 95.3 Å². The van der Waals surface area contributed by atoms with Crippen molar-refractivity contribution in [1.29, 1.82) is 0 Å². The molecule has 1 amide bonds. The van der Waals surface area contributed by atoms with E-state index in [2.05, 4.69) is 15.3 Å². The molecule has 1 aromatic carbocycles. The van der Waals surface area contributed by atoms with Gasteiger partial charge in [0, 0.05) is 34.6 Å². The normalized spacial score (nSPS) is 10.6. The molecule has 1 N–H and O–H groups in total. The molecule has 3 rings (SSSR count). The highest BCUT2D eigenvalue weighted by Crippen LogP contribution is 2.21. The maximum absolute atomic E-state index is 12.7. The van der Waals surface area contributed by atoms with Crippen LogP contribution in [0.25, 0.3) is 0 Å². The van der Waals surface area contributed by atoms with Gasteiger partial charge in [0.15, 0.2) is 10.9 Å². The predicted molar refractivity (Wildman–Crippen MR) is 125 cm³/mol. The van der Waals surface area contributed by atoms with Crippen LogP contribution in [-0.4, -0.2) is 34.2 Å². The summed E-state index contributed by atoms with van der Waals surface area (Å²) in [5.41, 5.74) is 2.84. The number of ether oxygens (including phenoxy) is 2. The maximum Gasteiger partial charge on any atom is 0.244 e. The second-order valence-electron chi connectivity index (χ2n) is 7.05. The fourth-order valence-electron chi connectivity index (χ4n) is 3.07. The third-order valence-corrected chi connectivity index (χ3v) is 5.36. The number of carbonyl (C=O) groups is 1. The summed E-state index contributed by atoms with van der Waals surface area (Å²) in [7, 11) is 1.43. The molecule has 32 heavy (non-hydrogen) atoms. The van der Waals surface area contributed by atoms with E-state index in [4.69, 9.17) is 9.47 Å². The smallest absolute Gasteiger partial charge is 0.244 e. The molecular formula is C23H26N4O4S. The van der Waals surface area contributed by atoms with Gasteiger partial charge in [-0.05, 0) is 51.1 Å². The maximum atomic E-state index is 12.7. The summed E-state index contributed by atoms with van der Waals surface area (Å²) in [6.07, 6.45) is 1.55. The number of nitrogens with zero attached hydrogens (tertiary/aromatic N) is 3. The molecule has 0 atom stereocenters. The highest BCUT2D eigenvalue weighted by Gasteiger charge is 2.12. The first kappa shape index (κ1) is 23.3. The molecule has 0 saturated carbocycles. The third-order valence-electron chi connectivity index (χ3n) is 4.48. The lowest BCUT2D eigenvalue weighted by Crippen LogP contribution is -2.22. The van der Waals surface area contributed by atoms with Crippen molar-refractivity contribution < 1.29 is 14.3 Å². The van der Waals surface area contributed by atoms with Crippen LogP contribution in [0.15, 0.2) is 52.5 Å². The number of carbonyl (C=O) groups excluding carboxylic acids is 1. The third kappa shape index (κ3) is 6.34. The lowest BCUT2D eigenvalue weighted by molar-refractivity contribution is -0.116. The zero-order chi connectivity index (χ0) is 23.1. The summed E-state index contributed by atoms with van der Waals surface area (Å²) in [6, 6.07) is 10.5. The van der Waals surface area contributed by atoms with Crippen LogP contribution in [0, 0.1) is 13.8 Å². The summed E-state index contributed by atoms with van der Waals surface area (Å²) >= 11 is 1.41. The Balaban J connectivity index is 1.76. The average Bonchev–Trinajstić information content (AvgIpc) is 2.74. The van der Waals surface area contributed by atoms with Crippen molar-refractivity contribution in [3.8, 4) is 11.5 Å². The van der Waals surface area contributed by atoms with Crippen molar-refractivity contribution in [1.82, 2.24) is 14.5 Å². The molecule has 0 saturated heterocycles. The second kappa shape index (κ2) is 10.8. The van der Waals surface area contributed by atoms with Crippen molar-refractivity contribution >= 4 is 23.4 Å². The molecule has 0 fully saturated rings. The molecular weight excluding hydrogens is 428 g/mol. The Morgan fingerprint density at radius 1 is 1.12 bits per heavy atom. The molecule has 0 aliphatic rings. The number of aromatic nitrogens is 3. The van der Waals surface area contributed by atoms with Crippen LogP contribution < -0.4 is 20.2 Å². The summed E-state index contributed by atoms with van der Waals surface area (Å²) in [4.78, 5) is 33.8. The number of methoxy groups -OCH3 is 1. The van der Waals surface area contributed by atoms with Gasteiger partial charge in [-0.15, -0.1) is 0 Å². The van der Waals surface area contributed by atoms with Gasteiger partial charge in [-0.1, -0.05) is 11.8 Å². The van der Waals surface area contributed by atoms with Crippen LogP contribution in [0.3, 0.4) is 0 Å². The largest absolute Gasteiger partial charge is 0.494 e. The van der Waals surface area contributed by atoms with Gasteiger partial charge in [0.05, 0.1) is 19.9 Å². The number of rotatable bonds is 9. The van der Waals surface area contributed by atoms with E-state index < -0.39 is 0 Å². The number of hydrogen-bond donors (Lipinski definition) is 1. The van der Waals surface area contributed by atoms with Crippen LogP contribution in [0.4, 0.5) is 5.69 Å². The number of thioether (sulfide) groups is 1. The first-order valence-electron chi connectivity index (χ1n) is 10.1. The Morgan fingerprint density at radius 3 is 2.44 bits per heavy atom. The Kier molecular flexibility index (Phi) is 7.88. The molecule has 0 bridgehead atoms. The molecule has 9 heteroatoms. The van der Waals surface area contributed by atoms with Gasteiger partial charge in [-0.3, -0.25) is 9.59 Å². The van der Waals surface area contributed by atoms with Gasteiger partial charge in [0.2, 0.25) is 11.3 Å². The first-order valence-corrected chi connectivity index (χ1v) is 11.1. The average molecular weight is 455 g/mol.